The number of benzene rings is 1. The van der Waals surface area contributed by atoms with Crippen molar-refractivity contribution in [1.29, 1.82) is 0 Å². The van der Waals surface area contributed by atoms with Gasteiger partial charge in [0.15, 0.2) is 0 Å². The molecule has 5 heteroatoms. The summed E-state index contributed by atoms with van der Waals surface area (Å²) in [6.45, 7) is 6.23. The molecule has 2 unspecified atom stereocenters. The van der Waals surface area contributed by atoms with E-state index in [-0.39, 0.29) is 17.8 Å². The van der Waals surface area contributed by atoms with Crippen LogP contribution < -0.4 is 0 Å². The van der Waals surface area contributed by atoms with E-state index in [1.165, 1.54) is 7.11 Å². The number of hydrogen-bond acceptors (Lipinski definition) is 4. The first-order valence-electron chi connectivity index (χ1n) is 8.09. The molecule has 0 radical (unpaired) electrons. The zero-order valence-corrected chi connectivity index (χ0v) is 14.7. The van der Waals surface area contributed by atoms with Gasteiger partial charge in [0.2, 0.25) is 0 Å². The number of amides is 1. The van der Waals surface area contributed by atoms with Crippen LogP contribution in [0.3, 0.4) is 0 Å². The lowest BCUT2D eigenvalue weighted by Crippen LogP contribution is -2.36. The zero-order valence-electron chi connectivity index (χ0n) is 14.7. The minimum atomic E-state index is -0.560. The van der Waals surface area contributed by atoms with Crippen molar-refractivity contribution in [2.75, 3.05) is 20.2 Å². The van der Waals surface area contributed by atoms with Gasteiger partial charge in [-0.25, -0.2) is 4.79 Å². The quantitative estimate of drug-likeness (QED) is 0.797. The maximum atomic E-state index is 12.3. The summed E-state index contributed by atoms with van der Waals surface area (Å²) in [4.78, 5) is 25.9. The molecule has 1 amide bonds. The molecule has 0 bridgehead atoms. The van der Waals surface area contributed by atoms with Crippen LogP contribution in [0.4, 0.5) is 4.79 Å². The molecule has 0 aliphatic carbocycles. The van der Waals surface area contributed by atoms with Crippen molar-refractivity contribution in [3.63, 3.8) is 0 Å². The highest BCUT2D eigenvalue weighted by atomic mass is 16.6. The fraction of sp³-hybridized carbons (Fsp3) is 0.474. The van der Waals surface area contributed by atoms with Crippen molar-refractivity contribution in [3.05, 3.63) is 42.0 Å². The van der Waals surface area contributed by atoms with Crippen LogP contribution in [0.5, 0.6) is 0 Å². The number of nitrogens with zero attached hydrogens (tertiary/aromatic N) is 1. The highest BCUT2D eigenvalue weighted by Crippen LogP contribution is 2.28. The molecule has 0 spiro atoms. The maximum absolute atomic E-state index is 12.3. The van der Waals surface area contributed by atoms with E-state index in [0.29, 0.717) is 13.1 Å². The number of rotatable bonds is 3. The van der Waals surface area contributed by atoms with Gasteiger partial charge in [-0.15, -0.1) is 0 Å². The van der Waals surface area contributed by atoms with Crippen molar-refractivity contribution in [1.82, 2.24) is 4.90 Å². The van der Waals surface area contributed by atoms with Gasteiger partial charge in [0.25, 0.3) is 0 Å². The predicted molar refractivity (Wildman–Crippen MR) is 92.3 cm³/mol. The molecule has 2 rings (SSSR count). The van der Waals surface area contributed by atoms with E-state index in [2.05, 4.69) is 0 Å². The third-order valence-electron chi connectivity index (χ3n) is 3.86. The average molecular weight is 331 g/mol. The summed E-state index contributed by atoms with van der Waals surface area (Å²) in [6, 6.07) is 9.85. The highest BCUT2D eigenvalue weighted by molar-refractivity contribution is 5.76. The summed E-state index contributed by atoms with van der Waals surface area (Å²) in [6.07, 6.45) is 3.55. The molecule has 130 valence electrons. The maximum Gasteiger partial charge on any atom is 0.410 e. The number of methoxy groups -OCH3 is 1. The molecule has 1 aromatic rings. The van der Waals surface area contributed by atoms with Crippen LogP contribution in [0.25, 0.3) is 6.08 Å². The summed E-state index contributed by atoms with van der Waals surface area (Å²) in [7, 11) is 1.37. The molecule has 1 aliphatic heterocycles. The smallest absolute Gasteiger partial charge is 0.410 e. The molecule has 1 aromatic carbocycles. The van der Waals surface area contributed by atoms with Crippen molar-refractivity contribution < 1.29 is 19.1 Å². The SMILES string of the molecule is COC(=O)C1CN(C(=O)OC(C)(C)C)CC1C=Cc1ccccc1. The molecule has 5 nitrogen and oxygen atoms in total. The van der Waals surface area contributed by atoms with Gasteiger partial charge in [0, 0.05) is 19.0 Å². The van der Waals surface area contributed by atoms with Gasteiger partial charge in [0.05, 0.1) is 13.0 Å². The summed E-state index contributed by atoms with van der Waals surface area (Å²) in [5.41, 5.74) is 0.493. The lowest BCUT2D eigenvalue weighted by Gasteiger charge is -2.24. The first-order valence-corrected chi connectivity index (χ1v) is 8.09. The van der Waals surface area contributed by atoms with Gasteiger partial charge >= 0.3 is 12.1 Å². The summed E-state index contributed by atoms with van der Waals surface area (Å²) in [5, 5.41) is 0. The second kappa shape index (κ2) is 7.51. The molecule has 1 saturated heterocycles. The van der Waals surface area contributed by atoms with Crippen molar-refractivity contribution in [3.8, 4) is 0 Å². The Hall–Kier alpha value is -2.30. The van der Waals surface area contributed by atoms with Gasteiger partial charge in [0.1, 0.15) is 5.60 Å². The van der Waals surface area contributed by atoms with Crippen LogP contribution in [0, 0.1) is 11.8 Å². The van der Waals surface area contributed by atoms with E-state index >= 15 is 0 Å². The number of likely N-dealkylation sites (tertiary alicyclic amines) is 1. The van der Waals surface area contributed by atoms with Gasteiger partial charge in [-0.3, -0.25) is 4.79 Å². The third kappa shape index (κ3) is 4.85. The van der Waals surface area contributed by atoms with E-state index in [1.807, 2.05) is 63.3 Å². The molecule has 1 aliphatic rings. The third-order valence-corrected chi connectivity index (χ3v) is 3.86. The Kier molecular flexibility index (Phi) is 5.65. The Labute approximate surface area is 143 Å². The van der Waals surface area contributed by atoms with Crippen LogP contribution in [0.15, 0.2) is 36.4 Å². The lowest BCUT2D eigenvalue weighted by atomic mass is 9.95. The Morgan fingerprint density at radius 3 is 2.42 bits per heavy atom. The molecular formula is C19H25NO4. The van der Waals surface area contributed by atoms with Gasteiger partial charge in [-0.2, -0.15) is 0 Å². The molecule has 0 N–H and O–H groups in total. The zero-order chi connectivity index (χ0) is 17.7. The monoisotopic (exact) mass is 331 g/mol. The topological polar surface area (TPSA) is 55.8 Å². The van der Waals surface area contributed by atoms with E-state index in [9.17, 15) is 9.59 Å². The summed E-state index contributed by atoms with van der Waals surface area (Å²) in [5.74, 6) is -0.767. The van der Waals surface area contributed by atoms with Crippen molar-refractivity contribution in [2.45, 2.75) is 26.4 Å². The normalized spacial score (nSPS) is 21.1. The van der Waals surface area contributed by atoms with E-state index in [0.717, 1.165) is 5.56 Å². The standard InChI is InChI=1S/C19H25NO4/c1-19(2,3)24-18(22)20-12-15(16(13-20)17(21)23-4)11-10-14-8-6-5-7-9-14/h5-11,15-16H,12-13H2,1-4H3. The molecule has 2 atom stereocenters. The minimum Gasteiger partial charge on any atom is -0.469 e. The average Bonchev–Trinajstić information content (AvgIpc) is 2.96. The molecule has 0 aromatic heterocycles. The first-order chi connectivity index (χ1) is 11.3. The number of ether oxygens (including phenoxy) is 2. The predicted octanol–water partition coefficient (Wildman–Crippen LogP) is 3.36. The summed E-state index contributed by atoms with van der Waals surface area (Å²) < 4.78 is 10.3. The van der Waals surface area contributed by atoms with E-state index in [1.54, 1.807) is 4.90 Å². The van der Waals surface area contributed by atoms with E-state index < -0.39 is 11.7 Å². The van der Waals surface area contributed by atoms with Crippen LogP contribution in [0.1, 0.15) is 26.3 Å². The largest absolute Gasteiger partial charge is 0.469 e. The van der Waals surface area contributed by atoms with Crippen molar-refractivity contribution >= 4 is 18.1 Å². The highest BCUT2D eigenvalue weighted by Gasteiger charge is 2.40. The second-order valence-electron chi connectivity index (χ2n) is 6.95. The Bertz CT molecular complexity index is 604. The number of carbonyl (C=O) groups excluding carboxylic acids is 2. The fourth-order valence-electron chi connectivity index (χ4n) is 2.70. The number of carbonyl (C=O) groups is 2. The summed E-state index contributed by atoms with van der Waals surface area (Å²) >= 11 is 0. The Morgan fingerprint density at radius 2 is 1.83 bits per heavy atom. The number of esters is 1. The van der Waals surface area contributed by atoms with Crippen LogP contribution in [0.2, 0.25) is 0 Å². The molecule has 1 heterocycles. The first kappa shape index (κ1) is 18.0. The molecule has 1 fully saturated rings. The Morgan fingerprint density at radius 1 is 1.17 bits per heavy atom. The number of hydrogen-bond donors (Lipinski definition) is 0. The van der Waals surface area contributed by atoms with Gasteiger partial charge < -0.3 is 14.4 Å². The van der Waals surface area contributed by atoms with Crippen LogP contribution in [-0.4, -0.2) is 42.8 Å². The molecule has 24 heavy (non-hydrogen) atoms. The van der Waals surface area contributed by atoms with Crippen LogP contribution >= 0.6 is 0 Å². The van der Waals surface area contributed by atoms with Crippen LogP contribution in [-0.2, 0) is 14.3 Å². The van der Waals surface area contributed by atoms with Gasteiger partial charge in [-0.1, -0.05) is 42.5 Å². The Balaban J connectivity index is 2.11. The fourth-order valence-corrected chi connectivity index (χ4v) is 2.70. The minimum absolute atomic E-state index is 0.0924. The lowest BCUT2D eigenvalue weighted by molar-refractivity contribution is -0.145. The van der Waals surface area contributed by atoms with Gasteiger partial charge in [-0.05, 0) is 26.3 Å². The molecular weight excluding hydrogens is 306 g/mol. The second-order valence-corrected chi connectivity index (χ2v) is 6.95. The van der Waals surface area contributed by atoms with Crippen molar-refractivity contribution in [2.24, 2.45) is 11.8 Å². The van der Waals surface area contributed by atoms with E-state index in [4.69, 9.17) is 9.47 Å². The molecule has 0 saturated carbocycles.